The first-order valence-corrected chi connectivity index (χ1v) is 13.1. The van der Waals surface area contributed by atoms with E-state index in [1.807, 2.05) is 0 Å². The van der Waals surface area contributed by atoms with Gasteiger partial charge in [0.1, 0.15) is 24.1 Å². The summed E-state index contributed by atoms with van der Waals surface area (Å²) in [6.07, 6.45) is 11.1. The van der Waals surface area contributed by atoms with Gasteiger partial charge >= 0.3 is 6.01 Å². The Morgan fingerprint density at radius 3 is 2.68 bits per heavy atom. The molecular formula is C25H32ClF2N5O. The summed E-state index contributed by atoms with van der Waals surface area (Å²) in [4.78, 5) is 18.0. The number of hydrogen-bond acceptors (Lipinski definition) is 6. The molecule has 1 saturated carbocycles. The van der Waals surface area contributed by atoms with Crippen molar-refractivity contribution in [2.75, 3.05) is 37.7 Å². The van der Waals surface area contributed by atoms with Crippen molar-refractivity contribution < 1.29 is 13.5 Å². The molecule has 6 rings (SSSR count). The van der Waals surface area contributed by atoms with E-state index in [1.165, 1.54) is 25.7 Å². The number of halogens is 3. The lowest BCUT2D eigenvalue weighted by atomic mass is 9.63. The van der Waals surface area contributed by atoms with E-state index in [2.05, 4.69) is 19.8 Å². The Balaban J connectivity index is 1.33. The SMILES string of the molecule is Fc1c(Cl)ncc2c(N3CCCC4(CC(F)C4)C3)nc(OC[C@]34CCCCCN3CCC4)nc12. The quantitative estimate of drug-likeness (QED) is 0.539. The van der Waals surface area contributed by atoms with Gasteiger partial charge in [0.2, 0.25) is 0 Å². The lowest BCUT2D eigenvalue weighted by Crippen LogP contribution is -2.51. The summed E-state index contributed by atoms with van der Waals surface area (Å²) < 4.78 is 35.1. The second-order valence-electron chi connectivity index (χ2n) is 10.9. The van der Waals surface area contributed by atoms with Gasteiger partial charge in [-0.3, -0.25) is 4.90 Å². The molecule has 6 nitrogen and oxygen atoms in total. The number of rotatable bonds is 4. The largest absolute Gasteiger partial charge is 0.461 e. The number of alkyl halides is 1. The lowest BCUT2D eigenvalue weighted by Gasteiger charge is -2.50. The summed E-state index contributed by atoms with van der Waals surface area (Å²) in [5.41, 5.74) is 0.136. The zero-order valence-electron chi connectivity index (χ0n) is 19.5. The van der Waals surface area contributed by atoms with Crippen LogP contribution in [0.3, 0.4) is 0 Å². The average molecular weight is 492 g/mol. The Labute approximate surface area is 204 Å². The van der Waals surface area contributed by atoms with Crippen LogP contribution in [-0.4, -0.2) is 64.3 Å². The van der Waals surface area contributed by atoms with Crippen LogP contribution in [0.5, 0.6) is 6.01 Å². The van der Waals surface area contributed by atoms with Gasteiger partial charge < -0.3 is 9.64 Å². The van der Waals surface area contributed by atoms with Crippen molar-refractivity contribution in [1.29, 1.82) is 0 Å². The Morgan fingerprint density at radius 1 is 1.03 bits per heavy atom. The van der Waals surface area contributed by atoms with Crippen LogP contribution >= 0.6 is 11.6 Å². The Hall–Kier alpha value is -1.80. The van der Waals surface area contributed by atoms with E-state index in [1.54, 1.807) is 6.20 Å². The summed E-state index contributed by atoms with van der Waals surface area (Å²) in [5.74, 6) is -0.0342. The van der Waals surface area contributed by atoms with Crippen LogP contribution in [0.2, 0.25) is 5.15 Å². The van der Waals surface area contributed by atoms with E-state index < -0.39 is 12.0 Å². The molecule has 3 saturated heterocycles. The topological polar surface area (TPSA) is 54.4 Å². The third kappa shape index (κ3) is 3.91. The molecule has 34 heavy (non-hydrogen) atoms. The van der Waals surface area contributed by atoms with Gasteiger partial charge in [0.15, 0.2) is 11.0 Å². The number of aromatic nitrogens is 3. The normalized spacial score (nSPS) is 32.0. The highest BCUT2D eigenvalue weighted by Gasteiger charge is 2.47. The number of pyridine rings is 1. The van der Waals surface area contributed by atoms with Crippen molar-refractivity contribution in [1.82, 2.24) is 19.9 Å². The summed E-state index contributed by atoms with van der Waals surface area (Å²) in [6, 6.07) is 0.186. The Bertz CT molecular complexity index is 1080. The van der Waals surface area contributed by atoms with Gasteiger partial charge in [0.05, 0.1) is 10.9 Å². The molecule has 9 heteroatoms. The Morgan fingerprint density at radius 2 is 1.82 bits per heavy atom. The van der Waals surface area contributed by atoms with E-state index in [4.69, 9.17) is 21.3 Å². The van der Waals surface area contributed by atoms with Gasteiger partial charge in [-0.25, -0.2) is 13.8 Å². The monoisotopic (exact) mass is 491 g/mol. The molecule has 3 aliphatic heterocycles. The van der Waals surface area contributed by atoms with Crippen LogP contribution in [0.4, 0.5) is 14.6 Å². The predicted octanol–water partition coefficient (Wildman–Crippen LogP) is 5.32. The number of anilines is 1. The molecular weight excluding hydrogens is 460 g/mol. The van der Waals surface area contributed by atoms with Crippen molar-refractivity contribution in [3.8, 4) is 6.01 Å². The first-order valence-electron chi connectivity index (χ1n) is 12.8. The second-order valence-corrected chi connectivity index (χ2v) is 11.3. The molecule has 2 aromatic heterocycles. The lowest BCUT2D eigenvalue weighted by molar-refractivity contribution is 0.0132. The highest BCUT2D eigenvalue weighted by molar-refractivity contribution is 6.30. The van der Waals surface area contributed by atoms with Crippen molar-refractivity contribution in [3.05, 3.63) is 17.2 Å². The van der Waals surface area contributed by atoms with Crippen LogP contribution in [0.25, 0.3) is 10.9 Å². The smallest absolute Gasteiger partial charge is 0.319 e. The maximum Gasteiger partial charge on any atom is 0.319 e. The van der Waals surface area contributed by atoms with Crippen LogP contribution in [-0.2, 0) is 0 Å². The molecule has 2 aromatic rings. The van der Waals surface area contributed by atoms with Crippen molar-refractivity contribution >= 4 is 28.3 Å². The second kappa shape index (κ2) is 8.70. The molecule has 1 atom stereocenters. The van der Waals surface area contributed by atoms with E-state index >= 15 is 4.39 Å². The minimum Gasteiger partial charge on any atom is -0.461 e. The molecule has 184 valence electrons. The number of hydrogen-bond donors (Lipinski definition) is 0. The molecule has 5 heterocycles. The molecule has 1 aliphatic carbocycles. The van der Waals surface area contributed by atoms with Crippen molar-refractivity contribution in [3.63, 3.8) is 0 Å². The highest BCUT2D eigenvalue weighted by Crippen LogP contribution is 2.50. The van der Waals surface area contributed by atoms with Gasteiger partial charge in [-0.2, -0.15) is 9.97 Å². The molecule has 4 fully saturated rings. The Kier molecular flexibility index (Phi) is 5.79. The van der Waals surface area contributed by atoms with Gasteiger partial charge in [-0.15, -0.1) is 0 Å². The van der Waals surface area contributed by atoms with Crippen molar-refractivity contribution in [2.24, 2.45) is 5.41 Å². The minimum absolute atomic E-state index is 0.0145. The fourth-order valence-electron chi connectivity index (χ4n) is 6.90. The minimum atomic E-state index is -0.716. The third-order valence-corrected chi connectivity index (χ3v) is 8.92. The van der Waals surface area contributed by atoms with E-state index in [0.717, 1.165) is 45.3 Å². The van der Waals surface area contributed by atoms with Gasteiger partial charge in [0.25, 0.3) is 0 Å². The first kappa shape index (κ1) is 22.7. The molecule has 0 aromatic carbocycles. The molecule has 0 radical (unpaired) electrons. The number of piperidine rings is 1. The van der Waals surface area contributed by atoms with E-state index in [-0.39, 0.29) is 27.6 Å². The summed E-state index contributed by atoms with van der Waals surface area (Å²) in [5, 5.41) is 0.319. The maximum absolute atomic E-state index is 15.1. The molecule has 0 N–H and O–H groups in total. The molecule has 0 amide bonds. The van der Waals surface area contributed by atoms with Crippen molar-refractivity contribution in [2.45, 2.75) is 75.9 Å². The molecule has 0 unspecified atom stereocenters. The van der Waals surface area contributed by atoms with E-state index in [0.29, 0.717) is 37.2 Å². The van der Waals surface area contributed by atoms with Crippen LogP contribution in [0.1, 0.15) is 64.2 Å². The average Bonchev–Trinajstić information content (AvgIpc) is 3.11. The number of nitrogens with zero attached hydrogens (tertiary/aromatic N) is 5. The van der Waals surface area contributed by atoms with Gasteiger partial charge in [-0.05, 0) is 69.9 Å². The summed E-state index contributed by atoms with van der Waals surface area (Å²) >= 11 is 6.01. The maximum atomic E-state index is 15.1. The predicted molar refractivity (Wildman–Crippen MR) is 128 cm³/mol. The fraction of sp³-hybridized carbons (Fsp3) is 0.720. The molecule has 0 bridgehead atoms. The standard InChI is InChI=1S/C25H32ClF2N5O/c26-21-19(28)20-18(14-29-21)22(32-9-4-6-24(15-32)12-17(27)13-24)31-23(30-20)34-16-25-7-2-1-3-10-33(25)11-5-8-25/h14,17H,1-13,15-16H2/t17?,24?,25-/m1/s1. The number of fused-ring (bicyclic) bond motifs is 2. The molecule has 1 spiro atoms. The van der Waals surface area contributed by atoms with Gasteiger partial charge in [-0.1, -0.05) is 24.4 Å². The van der Waals surface area contributed by atoms with Crippen LogP contribution in [0.15, 0.2) is 6.20 Å². The van der Waals surface area contributed by atoms with Gasteiger partial charge in [0, 0.05) is 19.3 Å². The fourth-order valence-corrected chi connectivity index (χ4v) is 7.04. The molecule has 4 aliphatic rings. The first-order chi connectivity index (χ1) is 16.5. The summed E-state index contributed by atoms with van der Waals surface area (Å²) in [7, 11) is 0. The highest BCUT2D eigenvalue weighted by atomic mass is 35.5. The summed E-state index contributed by atoms with van der Waals surface area (Å²) in [6.45, 7) is 4.21. The zero-order chi connectivity index (χ0) is 23.3. The number of ether oxygens (including phenoxy) is 1. The zero-order valence-corrected chi connectivity index (χ0v) is 20.3. The van der Waals surface area contributed by atoms with Crippen LogP contribution in [0, 0.1) is 11.2 Å². The third-order valence-electron chi connectivity index (χ3n) is 8.65. The van der Waals surface area contributed by atoms with Crippen LogP contribution < -0.4 is 9.64 Å². The van der Waals surface area contributed by atoms with E-state index in [9.17, 15) is 4.39 Å².